The predicted octanol–water partition coefficient (Wildman–Crippen LogP) is 2.09. The Labute approximate surface area is 157 Å². The molecule has 138 valence electrons. The van der Waals surface area contributed by atoms with Crippen molar-refractivity contribution in [1.29, 1.82) is 0 Å². The van der Waals surface area contributed by atoms with E-state index in [1.807, 2.05) is 19.1 Å². The van der Waals surface area contributed by atoms with Gasteiger partial charge in [-0.05, 0) is 49.4 Å². The third-order valence-electron chi connectivity index (χ3n) is 5.07. The highest BCUT2D eigenvalue weighted by Crippen LogP contribution is 2.27. The van der Waals surface area contributed by atoms with Gasteiger partial charge >= 0.3 is 0 Å². The average molecular weight is 392 g/mol. The quantitative estimate of drug-likeness (QED) is 0.803. The molecule has 1 amide bonds. The minimum absolute atomic E-state index is 0.121. The SMILES string of the molecule is Cc1nc(C(=O)N2CCN(S(=O)(=O)c3ccc4c(c3)CCC4)CC2)cs1. The van der Waals surface area contributed by atoms with Gasteiger partial charge in [0.05, 0.1) is 9.90 Å². The van der Waals surface area contributed by atoms with Gasteiger partial charge in [-0.25, -0.2) is 13.4 Å². The lowest BCUT2D eigenvalue weighted by Gasteiger charge is -2.33. The number of thiazole rings is 1. The Kier molecular flexibility index (Phi) is 4.58. The number of hydrogen-bond donors (Lipinski definition) is 0. The van der Waals surface area contributed by atoms with Crippen LogP contribution in [0.25, 0.3) is 0 Å². The highest BCUT2D eigenvalue weighted by molar-refractivity contribution is 7.89. The number of carbonyl (C=O) groups is 1. The molecular weight excluding hydrogens is 370 g/mol. The van der Waals surface area contributed by atoms with Crippen molar-refractivity contribution in [3.63, 3.8) is 0 Å². The van der Waals surface area contributed by atoms with Crippen LogP contribution in [0.1, 0.15) is 33.0 Å². The van der Waals surface area contributed by atoms with Crippen molar-refractivity contribution in [3.8, 4) is 0 Å². The van der Waals surface area contributed by atoms with E-state index in [0.29, 0.717) is 36.8 Å². The molecule has 1 aromatic heterocycles. The Hall–Kier alpha value is -1.77. The van der Waals surface area contributed by atoms with Crippen molar-refractivity contribution in [2.45, 2.75) is 31.1 Å². The van der Waals surface area contributed by atoms with E-state index in [1.54, 1.807) is 16.3 Å². The fourth-order valence-corrected chi connectivity index (χ4v) is 5.67. The summed E-state index contributed by atoms with van der Waals surface area (Å²) in [7, 11) is -3.51. The summed E-state index contributed by atoms with van der Waals surface area (Å²) in [5.74, 6) is -0.121. The molecule has 1 aliphatic carbocycles. The standard InChI is InChI=1S/C18H21N3O3S2/c1-13-19-17(12-25-13)18(22)20-7-9-21(10-8-20)26(23,24)16-6-5-14-3-2-4-15(14)11-16/h5-6,11-12H,2-4,7-10H2,1H3. The molecule has 0 N–H and O–H groups in total. The summed E-state index contributed by atoms with van der Waals surface area (Å²) in [6.07, 6.45) is 3.08. The summed E-state index contributed by atoms with van der Waals surface area (Å²) in [6.45, 7) is 3.27. The van der Waals surface area contributed by atoms with Crippen LogP contribution in [0.4, 0.5) is 0 Å². The molecule has 2 heterocycles. The minimum atomic E-state index is -3.51. The summed E-state index contributed by atoms with van der Waals surface area (Å²) < 4.78 is 27.4. The molecule has 2 aliphatic rings. The van der Waals surface area contributed by atoms with Gasteiger partial charge in [-0.15, -0.1) is 11.3 Å². The Morgan fingerprint density at radius 2 is 1.85 bits per heavy atom. The molecular formula is C18H21N3O3S2. The second kappa shape index (κ2) is 6.75. The first kappa shape index (κ1) is 17.6. The lowest BCUT2D eigenvalue weighted by atomic mass is 10.1. The maximum atomic E-state index is 12.9. The molecule has 0 radical (unpaired) electrons. The van der Waals surface area contributed by atoms with Crippen molar-refractivity contribution >= 4 is 27.3 Å². The minimum Gasteiger partial charge on any atom is -0.335 e. The normalized spacial score (nSPS) is 18.1. The first-order valence-electron chi connectivity index (χ1n) is 8.78. The molecule has 1 aliphatic heterocycles. The molecule has 0 spiro atoms. The maximum Gasteiger partial charge on any atom is 0.273 e. The number of carbonyl (C=O) groups excluding carboxylic acids is 1. The van der Waals surface area contributed by atoms with Crippen LogP contribution in [0.15, 0.2) is 28.5 Å². The van der Waals surface area contributed by atoms with Gasteiger partial charge in [0.1, 0.15) is 5.69 Å². The zero-order chi connectivity index (χ0) is 18.3. The van der Waals surface area contributed by atoms with E-state index in [2.05, 4.69) is 4.98 Å². The molecule has 1 saturated heterocycles. The third kappa shape index (κ3) is 3.17. The van der Waals surface area contributed by atoms with Crippen LogP contribution in [-0.4, -0.2) is 54.7 Å². The molecule has 1 aromatic carbocycles. The third-order valence-corrected chi connectivity index (χ3v) is 7.74. The van der Waals surface area contributed by atoms with Gasteiger partial charge in [0.25, 0.3) is 5.91 Å². The van der Waals surface area contributed by atoms with Crippen LogP contribution in [0.2, 0.25) is 0 Å². The van der Waals surface area contributed by atoms with Crippen molar-refractivity contribution in [2.24, 2.45) is 0 Å². The largest absolute Gasteiger partial charge is 0.335 e. The first-order valence-corrected chi connectivity index (χ1v) is 11.1. The molecule has 0 bridgehead atoms. The summed E-state index contributed by atoms with van der Waals surface area (Å²) in [4.78, 5) is 18.8. The molecule has 0 unspecified atom stereocenters. The van der Waals surface area contributed by atoms with E-state index in [-0.39, 0.29) is 5.91 Å². The fraction of sp³-hybridized carbons (Fsp3) is 0.444. The van der Waals surface area contributed by atoms with Crippen LogP contribution in [0.3, 0.4) is 0 Å². The van der Waals surface area contributed by atoms with Crippen molar-refractivity contribution < 1.29 is 13.2 Å². The van der Waals surface area contributed by atoms with Crippen molar-refractivity contribution in [1.82, 2.24) is 14.2 Å². The van der Waals surface area contributed by atoms with Crippen LogP contribution in [0, 0.1) is 6.92 Å². The van der Waals surface area contributed by atoms with E-state index in [0.717, 1.165) is 29.8 Å². The van der Waals surface area contributed by atoms with Gasteiger partial charge in [-0.2, -0.15) is 4.31 Å². The van der Waals surface area contributed by atoms with Gasteiger partial charge in [-0.1, -0.05) is 6.07 Å². The van der Waals surface area contributed by atoms with Crippen LogP contribution in [-0.2, 0) is 22.9 Å². The number of hydrogen-bond acceptors (Lipinski definition) is 5. The molecule has 8 heteroatoms. The van der Waals surface area contributed by atoms with Crippen LogP contribution in [0.5, 0.6) is 0 Å². The van der Waals surface area contributed by atoms with Gasteiger partial charge in [-0.3, -0.25) is 4.79 Å². The molecule has 0 atom stereocenters. The lowest BCUT2D eigenvalue weighted by Crippen LogP contribution is -2.50. The smallest absolute Gasteiger partial charge is 0.273 e. The summed E-state index contributed by atoms with van der Waals surface area (Å²) >= 11 is 1.44. The summed E-state index contributed by atoms with van der Waals surface area (Å²) in [5, 5.41) is 2.61. The molecule has 4 rings (SSSR count). The summed E-state index contributed by atoms with van der Waals surface area (Å²) in [6, 6.07) is 5.49. The molecule has 0 saturated carbocycles. The number of fused-ring (bicyclic) bond motifs is 1. The maximum absolute atomic E-state index is 12.9. The van der Waals surface area contributed by atoms with Crippen LogP contribution < -0.4 is 0 Å². The van der Waals surface area contributed by atoms with E-state index in [9.17, 15) is 13.2 Å². The molecule has 26 heavy (non-hydrogen) atoms. The van der Waals surface area contributed by atoms with Crippen molar-refractivity contribution in [3.05, 3.63) is 45.4 Å². The molecule has 6 nitrogen and oxygen atoms in total. The van der Waals surface area contributed by atoms with E-state index < -0.39 is 10.0 Å². The molecule has 2 aromatic rings. The van der Waals surface area contributed by atoms with Gasteiger partial charge in [0.15, 0.2) is 0 Å². The van der Waals surface area contributed by atoms with Gasteiger partial charge in [0, 0.05) is 31.6 Å². The molecule has 1 fully saturated rings. The second-order valence-electron chi connectivity index (χ2n) is 6.73. The van der Waals surface area contributed by atoms with E-state index in [1.165, 1.54) is 21.2 Å². The second-order valence-corrected chi connectivity index (χ2v) is 9.73. The number of amides is 1. The van der Waals surface area contributed by atoms with E-state index >= 15 is 0 Å². The lowest BCUT2D eigenvalue weighted by molar-refractivity contribution is 0.0692. The summed E-state index contributed by atoms with van der Waals surface area (Å²) in [5.41, 5.74) is 2.86. The predicted molar refractivity (Wildman–Crippen MR) is 100.0 cm³/mol. The Morgan fingerprint density at radius 1 is 1.12 bits per heavy atom. The number of nitrogens with zero attached hydrogens (tertiary/aromatic N) is 3. The highest BCUT2D eigenvalue weighted by atomic mass is 32.2. The average Bonchev–Trinajstić information content (AvgIpc) is 3.29. The highest BCUT2D eigenvalue weighted by Gasteiger charge is 2.31. The van der Waals surface area contributed by atoms with Crippen LogP contribution >= 0.6 is 11.3 Å². The van der Waals surface area contributed by atoms with Gasteiger partial charge in [0.2, 0.25) is 10.0 Å². The first-order chi connectivity index (χ1) is 12.4. The number of benzene rings is 1. The fourth-order valence-electron chi connectivity index (χ4n) is 3.61. The van der Waals surface area contributed by atoms with Gasteiger partial charge < -0.3 is 4.90 Å². The Balaban J connectivity index is 1.46. The number of rotatable bonds is 3. The van der Waals surface area contributed by atoms with E-state index in [4.69, 9.17) is 0 Å². The van der Waals surface area contributed by atoms with Crippen molar-refractivity contribution in [2.75, 3.05) is 26.2 Å². The Bertz CT molecular complexity index is 944. The number of aromatic nitrogens is 1. The number of piperazine rings is 1. The number of aryl methyl sites for hydroxylation is 3. The number of sulfonamides is 1. The topological polar surface area (TPSA) is 70.6 Å². The zero-order valence-corrected chi connectivity index (χ0v) is 16.3. The Morgan fingerprint density at radius 3 is 2.54 bits per heavy atom. The zero-order valence-electron chi connectivity index (χ0n) is 14.6. The monoisotopic (exact) mass is 391 g/mol.